The molecule has 7 heteroatoms. The number of carbonyl (C=O) groups is 1. The van der Waals surface area contributed by atoms with Crippen molar-refractivity contribution in [1.82, 2.24) is 14.8 Å². The van der Waals surface area contributed by atoms with E-state index in [9.17, 15) is 9.59 Å². The first kappa shape index (κ1) is 17.7. The quantitative estimate of drug-likeness (QED) is 0.505. The lowest BCUT2D eigenvalue weighted by molar-refractivity contribution is 0.0967. The standard InChI is InChI=1S/C19H18IN3O2S/c20-15-5-2-1-4-14(15)18(25)21-19(26)22-9-12-8-13(11-22)16-6-3-7-17(24)23(16)10-12/h1-7,12-13H,8-11H2,(H,21,25,26)/t12-,13+/m0/s1. The summed E-state index contributed by atoms with van der Waals surface area (Å²) in [7, 11) is 0. The molecule has 1 amide bonds. The molecule has 1 aromatic carbocycles. The van der Waals surface area contributed by atoms with E-state index >= 15 is 0 Å². The van der Waals surface area contributed by atoms with Gasteiger partial charge in [0.05, 0.1) is 5.56 Å². The Morgan fingerprint density at radius 2 is 1.92 bits per heavy atom. The summed E-state index contributed by atoms with van der Waals surface area (Å²) in [6.45, 7) is 2.21. The van der Waals surface area contributed by atoms with E-state index in [4.69, 9.17) is 12.2 Å². The van der Waals surface area contributed by atoms with Gasteiger partial charge in [0.15, 0.2) is 5.11 Å². The van der Waals surface area contributed by atoms with Crippen LogP contribution < -0.4 is 10.9 Å². The van der Waals surface area contributed by atoms with Crippen molar-refractivity contribution >= 4 is 45.8 Å². The van der Waals surface area contributed by atoms with Gasteiger partial charge in [-0.3, -0.25) is 14.9 Å². The highest BCUT2D eigenvalue weighted by Gasteiger charge is 2.35. The third kappa shape index (κ3) is 3.29. The number of rotatable bonds is 1. The molecule has 2 aliphatic heterocycles. The number of likely N-dealkylation sites (tertiary alicyclic amines) is 1. The number of carbonyl (C=O) groups excluding carboxylic acids is 1. The number of benzene rings is 1. The van der Waals surface area contributed by atoms with Crippen LogP contribution in [-0.4, -0.2) is 33.6 Å². The van der Waals surface area contributed by atoms with Crippen LogP contribution in [0.3, 0.4) is 0 Å². The molecule has 2 aromatic rings. The topological polar surface area (TPSA) is 54.3 Å². The van der Waals surface area contributed by atoms with Gasteiger partial charge < -0.3 is 9.47 Å². The first-order valence-corrected chi connectivity index (χ1v) is 10.1. The van der Waals surface area contributed by atoms with Gasteiger partial charge in [-0.2, -0.15) is 0 Å². The SMILES string of the molecule is O=C(NC(=S)N1C[C@@H]2C[C@H](C1)c1cccc(=O)n1C2)c1ccccc1I. The molecule has 2 aliphatic rings. The number of nitrogens with zero attached hydrogens (tertiary/aromatic N) is 2. The summed E-state index contributed by atoms with van der Waals surface area (Å²) < 4.78 is 2.79. The Labute approximate surface area is 170 Å². The molecule has 26 heavy (non-hydrogen) atoms. The molecule has 0 spiro atoms. The van der Waals surface area contributed by atoms with E-state index in [1.54, 1.807) is 12.1 Å². The Morgan fingerprint density at radius 1 is 1.12 bits per heavy atom. The van der Waals surface area contributed by atoms with Crippen molar-refractivity contribution in [3.63, 3.8) is 0 Å². The molecule has 0 aliphatic carbocycles. The van der Waals surface area contributed by atoms with Crippen LogP contribution in [-0.2, 0) is 6.54 Å². The number of fused-ring (bicyclic) bond motifs is 4. The number of piperidine rings is 1. The van der Waals surface area contributed by atoms with Crippen molar-refractivity contribution in [2.45, 2.75) is 18.9 Å². The second-order valence-electron chi connectivity index (χ2n) is 6.84. The molecule has 3 heterocycles. The van der Waals surface area contributed by atoms with Crippen LogP contribution >= 0.6 is 34.8 Å². The van der Waals surface area contributed by atoms with Crippen molar-refractivity contribution < 1.29 is 4.79 Å². The Bertz CT molecular complexity index is 942. The summed E-state index contributed by atoms with van der Waals surface area (Å²) in [5.41, 5.74) is 1.77. The van der Waals surface area contributed by atoms with Gasteiger partial charge in [-0.1, -0.05) is 18.2 Å². The lowest BCUT2D eigenvalue weighted by Crippen LogP contribution is -2.52. The van der Waals surface area contributed by atoms with Gasteiger partial charge >= 0.3 is 0 Å². The number of nitrogens with one attached hydrogen (secondary N) is 1. The highest BCUT2D eigenvalue weighted by Crippen LogP contribution is 2.34. The summed E-state index contributed by atoms with van der Waals surface area (Å²) in [6.07, 6.45) is 1.06. The van der Waals surface area contributed by atoms with Crippen molar-refractivity contribution in [1.29, 1.82) is 0 Å². The van der Waals surface area contributed by atoms with Crippen molar-refractivity contribution in [3.8, 4) is 0 Å². The molecule has 4 rings (SSSR count). The van der Waals surface area contributed by atoms with Crippen LogP contribution in [0, 0.1) is 9.49 Å². The zero-order chi connectivity index (χ0) is 18.3. The van der Waals surface area contributed by atoms with E-state index in [-0.39, 0.29) is 17.4 Å². The lowest BCUT2D eigenvalue weighted by Gasteiger charge is -2.43. The van der Waals surface area contributed by atoms with Crippen molar-refractivity contribution in [3.05, 3.63) is 67.6 Å². The maximum atomic E-state index is 12.5. The minimum absolute atomic E-state index is 0.0696. The molecule has 1 aromatic heterocycles. The fourth-order valence-electron chi connectivity index (χ4n) is 3.95. The minimum atomic E-state index is -0.174. The van der Waals surface area contributed by atoms with Gasteiger partial charge in [0, 0.05) is 40.9 Å². The third-order valence-corrected chi connectivity index (χ3v) is 6.41. The molecule has 2 atom stereocenters. The van der Waals surface area contributed by atoms with Gasteiger partial charge in [-0.15, -0.1) is 0 Å². The van der Waals surface area contributed by atoms with Gasteiger partial charge in [-0.05, 0) is 65.3 Å². The molecule has 0 unspecified atom stereocenters. The van der Waals surface area contributed by atoms with E-state index in [1.165, 1.54) is 0 Å². The number of halogens is 1. The molecule has 134 valence electrons. The summed E-state index contributed by atoms with van der Waals surface area (Å²) in [4.78, 5) is 26.7. The predicted molar refractivity (Wildman–Crippen MR) is 112 cm³/mol. The average Bonchev–Trinajstić information content (AvgIpc) is 2.63. The Morgan fingerprint density at radius 3 is 2.73 bits per heavy atom. The zero-order valence-electron chi connectivity index (χ0n) is 14.0. The first-order chi connectivity index (χ1) is 12.5. The smallest absolute Gasteiger partial charge is 0.258 e. The van der Waals surface area contributed by atoms with Crippen LogP contribution in [0.4, 0.5) is 0 Å². The first-order valence-electron chi connectivity index (χ1n) is 8.57. The van der Waals surface area contributed by atoms with E-state index in [1.807, 2.05) is 34.9 Å². The van der Waals surface area contributed by atoms with Crippen LogP contribution in [0.2, 0.25) is 0 Å². The zero-order valence-corrected chi connectivity index (χ0v) is 17.0. The Balaban J connectivity index is 1.50. The minimum Gasteiger partial charge on any atom is -0.348 e. The molecular formula is C19H18IN3O2S. The highest BCUT2D eigenvalue weighted by atomic mass is 127. The molecule has 0 radical (unpaired) electrons. The second-order valence-corrected chi connectivity index (χ2v) is 8.39. The van der Waals surface area contributed by atoms with Crippen LogP contribution in [0.25, 0.3) is 0 Å². The van der Waals surface area contributed by atoms with Gasteiger partial charge in [0.1, 0.15) is 0 Å². The second kappa shape index (κ2) is 7.11. The van der Waals surface area contributed by atoms with Crippen LogP contribution in [0.5, 0.6) is 0 Å². The normalized spacial score (nSPS) is 21.0. The molecule has 0 saturated carbocycles. The number of thiocarbonyl (C=S) groups is 1. The molecule has 2 bridgehead atoms. The molecular weight excluding hydrogens is 461 g/mol. The largest absolute Gasteiger partial charge is 0.348 e. The molecule has 5 nitrogen and oxygen atoms in total. The summed E-state index contributed by atoms with van der Waals surface area (Å²) in [5, 5.41) is 3.35. The van der Waals surface area contributed by atoms with Crippen LogP contribution in [0.1, 0.15) is 28.4 Å². The third-order valence-electron chi connectivity index (χ3n) is 5.11. The summed E-state index contributed by atoms with van der Waals surface area (Å²) >= 11 is 7.67. The molecule has 1 saturated heterocycles. The number of hydrogen-bond acceptors (Lipinski definition) is 3. The molecule has 1 fully saturated rings. The fraction of sp³-hybridized carbons (Fsp3) is 0.316. The van der Waals surface area contributed by atoms with Crippen molar-refractivity contribution in [2.75, 3.05) is 13.1 Å². The molecule has 1 N–H and O–H groups in total. The van der Waals surface area contributed by atoms with Crippen LogP contribution in [0.15, 0.2) is 47.3 Å². The van der Waals surface area contributed by atoms with E-state index < -0.39 is 0 Å². The predicted octanol–water partition coefficient (Wildman–Crippen LogP) is 2.59. The van der Waals surface area contributed by atoms with Gasteiger partial charge in [0.25, 0.3) is 11.5 Å². The maximum Gasteiger partial charge on any atom is 0.258 e. The highest BCUT2D eigenvalue weighted by molar-refractivity contribution is 14.1. The van der Waals surface area contributed by atoms with E-state index in [0.29, 0.717) is 16.6 Å². The van der Waals surface area contributed by atoms with Crippen molar-refractivity contribution in [2.24, 2.45) is 5.92 Å². The number of aromatic nitrogens is 1. The van der Waals surface area contributed by atoms with Gasteiger partial charge in [0.2, 0.25) is 0 Å². The average molecular weight is 479 g/mol. The summed E-state index contributed by atoms with van der Waals surface area (Å²) in [5.74, 6) is 0.462. The summed E-state index contributed by atoms with van der Waals surface area (Å²) in [6, 6.07) is 12.9. The lowest BCUT2D eigenvalue weighted by atomic mass is 9.83. The Hall–Kier alpha value is -1.74. The number of hydrogen-bond donors (Lipinski definition) is 1. The van der Waals surface area contributed by atoms with E-state index in [2.05, 4.69) is 32.8 Å². The fourth-order valence-corrected chi connectivity index (χ4v) is 4.83. The van der Waals surface area contributed by atoms with Gasteiger partial charge in [-0.25, -0.2) is 0 Å². The maximum absolute atomic E-state index is 12.5. The van der Waals surface area contributed by atoms with E-state index in [0.717, 1.165) is 35.3 Å². The Kier molecular flexibility index (Phi) is 4.83. The number of pyridine rings is 1. The number of amides is 1. The monoisotopic (exact) mass is 479 g/mol.